The minimum absolute atomic E-state index is 0.0514. The van der Waals surface area contributed by atoms with Gasteiger partial charge in [0.15, 0.2) is 0 Å². The zero-order valence-electron chi connectivity index (χ0n) is 14.1. The fourth-order valence-electron chi connectivity index (χ4n) is 2.36. The van der Waals surface area contributed by atoms with Crippen LogP contribution in [0.4, 0.5) is 16.2 Å². The molecule has 126 valence electrons. The minimum atomic E-state index is -0.286. The van der Waals surface area contributed by atoms with Crippen LogP contribution in [0.3, 0.4) is 0 Å². The molecule has 0 aliphatic rings. The summed E-state index contributed by atoms with van der Waals surface area (Å²) in [5.41, 5.74) is 2.79. The first kappa shape index (κ1) is 17.5. The van der Waals surface area contributed by atoms with Gasteiger partial charge in [-0.05, 0) is 36.2 Å². The molecule has 5 heteroatoms. The second-order valence-electron chi connectivity index (χ2n) is 5.44. The van der Waals surface area contributed by atoms with Crippen molar-refractivity contribution in [1.29, 1.82) is 0 Å². The maximum absolute atomic E-state index is 11.9. The van der Waals surface area contributed by atoms with E-state index in [0.717, 1.165) is 17.8 Å². The minimum Gasteiger partial charge on any atom is -0.336 e. The molecule has 0 spiro atoms. The smallest absolute Gasteiger partial charge is 0.319 e. The Morgan fingerprint density at radius 3 is 2.25 bits per heavy atom. The number of carbonyl (C=O) groups excluding carboxylic acids is 2. The Morgan fingerprint density at radius 1 is 1.00 bits per heavy atom. The Morgan fingerprint density at radius 2 is 1.67 bits per heavy atom. The van der Waals surface area contributed by atoms with Crippen molar-refractivity contribution in [2.45, 2.75) is 20.3 Å². The highest BCUT2D eigenvalue weighted by atomic mass is 16.2. The molecule has 2 rings (SSSR count). The number of nitrogens with zero attached hydrogens (tertiary/aromatic N) is 1. The molecule has 0 aromatic heterocycles. The zero-order chi connectivity index (χ0) is 17.4. The lowest BCUT2D eigenvalue weighted by molar-refractivity contribution is -0.116. The fraction of sp³-hybridized carbons (Fsp3) is 0.263. The lowest BCUT2D eigenvalue weighted by Gasteiger charge is -2.21. The van der Waals surface area contributed by atoms with Crippen molar-refractivity contribution in [2.24, 2.45) is 0 Å². The molecule has 2 N–H and O–H groups in total. The number of aryl methyl sites for hydroxylation is 1. The van der Waals surface area contributed by atoms with E-state index in [4.69, 9.17) is 0 Å². The molecule has 5 nitrogen and oxygen atoms in total. The zero-order valence-corrected chi connectivity index (χ0v) is 14.1. The Labute approximate surface area is 142 Å². The number of hydrogen-bond acceptors (Lipinski definition) is 2. The van der Waals surface area contributed by atoms with E-state index in [-0.39, 0.29) is 11.9 Å². The van der Waals surface area contributed by atoms with Gasteiger partial charge in [0.05, 0.1) is 0 Å². The number of urea groups is 1. The van der Waals surface area contributed by atoms with Gasteiger partial charge in [0.2, 0.25) is 5.91 Å². The highest BCUT2D eigenvalue weighted by molar-refractivity contribution is 5.92. The topological polar surface area (TPSA) is 61.4 Å². The molecule has 0 saturated heterocycles. The molecule has 3 amide bonds. The number of benzene rings is 2. The Kier molecular flexibility index (Phi) is 6.37. The molecule has 0 atom stereocenters. The standard InChI is InChI=1S/C19H23N3O2/c1-3-16-9-11-18(12-10-16)22(15(2)23)14-13-20-19(24)21-17-7-5-4-6-8-17/h4-12H,3,13-14H2,1-2H3,(H2,20,21,24). The molecule has 0 aliphatic heterocycles. The summed E-state index contributed by atoms with van der Waals surface area (Å²) in [5.74, 6) is -0.0514. The molecule has 0 saturated carbocycles. The van der Waals surface area contributed by atoms with E-state index in [0.29, 0.717) is 13.1 Å². The number of anilines is 2. The van der Waals surface area contributed by atoms with E-state index >= 15 is 0 Å². The van der Waals surface area contributed by atoms with Gasteiger partial charge in [0, 0.05) is 31.4 Å². The van der Waals surface area contributed by atoms with Gasteiger partial charge in [-0.3, -0.25) is 4.79 Å². The molecule has 0 radical (unpaired) electrons. The number of nitrogens with one attached hydrogen (secondary N) is 2. The van der Waals surface area contributed by atoms with Crippen LogP contribution in [0, 0.1) is 0 Å². The van der Waals surface area contributed by atoms with Gasteiger partial charge in [0.1, 0.15) is 0 Å². The van der Waals surface area contributed by atoms with Crippen molar-refractivity contribution < 1.29 is 9.59 Å². The molecule has 0 unspecified atom stereocenters. The van der Waals surface area contributed by atoms with Crippen LogP contribution in [0.5, 0.6) is 0 Å². The van der Waals surface area contributed by atoms with Gasteiger partial charge < -0.3 is 15.5 Å². The summed E-state index contributed by atoms with van der Waals surface area (Å²) in [5, 5.41) is 5.51. The number of rotatable bonds is 6. The van der Waals surface area contributed by atoms with Gasteiger partial charge in [-0.2, -0.15) is 0 Å². The summed E-state index contributed by atoms with van der Waals surface area (Å²) < 4.78 is 0. The van der Waals surface area contributed by atoms with Crippen molar-refractivity contribution in [3.8, 4) is 0 Å². The van der Waals surface area contributed by atoms with Crippen LogP contribution in [0.15, 0.2) is 54.6 Å². The highest BCUT2D eigenvalue weighted by Crippen LogP contribution is 2.15. The summed E-state index contributed by atoms with van der Waals surface area (Å²) >= 11 is 0. The summed E-state index contributed by atoms with van der Waals surface area (Å²) in [6, 6.07) is 16.8. The normalized spacial score (nSPS) is 10.1. The van der Waals surface area contributed by atoms with Crippen LogP contribution < -0.4 is 15.5 Å². The van der Waals surface area contributed by atoms with Crippen LogP contribution >= 0.6 is 0 Å². The second-order valence-corrected chi connectivity index (χ2v) is 5.44. The van der Waals surface area contributed by atoms with Crippen molar-refractivity contribution >= 4 is 23.3 Å². The molecule has 0 bridgehead atoms. The number of para-hydroxylation sites is 1. The first-order valence-corrected chi connectivity index (χ1v) is 8.07. The summed E-state index contributed by atoms with van der Waals surface area (Å²) in [6.45, 7) is 4.40. The number of amides is 3. The van der Waals surface area contributed by atoms with Crippen LogP contribution in [0.1, 0.15) is 19.4 Å². The van der Waals surface area contributed by atoms with Gasteiger partial charge in [-0.25, -0.2) is 4.79 Å². The maximum Gasteiger partial charge on any atom is 0.319 e. The van der Waals surface area contributed by atoms with Crippen LogP contribution in [0.25, 0.3) is 0 Å². The van der Waals surface area contributed by atoms with E-state index in [9.17, 15) is 9.59 Å². The third-order valence-corrected chi connectivity index (χ3v) is 3.69. The van der Waals surface area contributed by atoms with Gasteiger partial charge in [0.25, 0.3) is 0 Å². The van der Waals surface area contributed by atoms with E-state index < -0.39 is 0 Å². The van der Waals surface area contributed by atoms with Crippen molar-refractivity contribution in [2.75, 3.05) is 23.3 Å². The van der Waals surface area contributed by atoms with Crippen LogP contribution in [-0.4, -0.2) is 25.0 Å². The predicted molar refractivity (Wildman–Crippen MR) is 97.3 cm³/mol. The van der Waals surface area contributed by atoms with Crippen molar-refractivity contribution in [3.63, 3.8) is 0 Å². The Hall–Kier alpha value is -2.82. The predicted octanol–water partition coefficient (Wildman–Crippen LogP) is 3.42. The average Bonchev–Trinajstić information content (AvgIpc) is 2.59. The monoisotopic (exact) mass is 325 g/mol. The fourth-order valence-corrected chi connectivity index (χ4v) is 2.36. The average molecular weight is 325 g/mol. The van der Waals surface area contributed by atoms with E-state index in [1.165, 1.54) is 12.5 Å². The lowest BCUT2D eigenvalue weighted by atomic mass is 10.1. The molecule has 0 aliphatic carbocycles. The van der Waals surface area contributed by atoms with Crippen LogP contribution in [-0.2, 0) is 11.2 Å². The third-order valence-electron chi connectivity index (χ3n) is 3.69. The molecule has 0 fully saturated rings. The third kappa shape index (κ3) is 5.12. The second kappa shape index (κ2) is 8.72. The Bertz CT molecular complexity index is 669. The van der Waals surface area contributed by atoms with Gasteiger partial charge in [-0.15, -0.1) is 0 Å². The Balaban J connectivity index is 1.87. The molecule has 0 heterocycles. The quantitative estimate of drug-likeness (QED) is 0.855. The van der Waals surface area contributed by atoms with Gasteiger partial charge in [-0.1, -0.05) is 37.3 Å². The molecule has 24 heavy (non-hydrogen) atoms. The molecular weight excluding hydrogens is 302 g/mol. The van der Waals surface area contributed by atoms with E-state index in [2.05, 4.69) is 17.6 Å². The summed E-state index contributed by atoms with van der Waals surface area (Å²) in [6.07, 6.45) is 0.960. The van der Waals surface area contributed by atoms with E-state index in [1.54, 1.807) is 4.90 Å². The summed E-state index contributed by atoms with van der Waals surface area (Å²) in [4.78, 5) is 25.4. The number of hydrogen-bond donors (Lipinski definition) is 2. The SMILES string of the molecule is CCc1ccc(N(CCNC(=O)Nc2ccccc2)C(C)=O)cc1. The van der Waals surface area contributed by atoms with Crippen molar-refractivity contribution in [1.82, 2.24) is 5.32 Å². The maximum atomic E-state index is 11.9. The largest absolute Gasteiger partial charge is 0.336 e. The van der Waals surface area contributed by atoms with E-state index in [1.807, 2.05) is 54.6 Å². The van der Waals surface area contributed by atoms with Crippen LogP contribution in [0.2, 0.25) is 0 Å². The number of carbonyl (C=O) groups is 2. The lowest BCUT2D eigenvalue weighted by Crippen LogP contribution is -2.39. The molecule has 2 aromatic rings. The summed E-state index contributed by atoms with van der Waals surface area (Å²) in [7, 11) is 0. The van der Waals surface area contributed by atoms with Gasteiger partial charge >= 0.3 is 6.03 Å². The molecule has 2 aromatic carbocycles. The first-order chi connectivity index (χ1) is 11.6. The molecular formula is C19H23N3O2. The highest BCUT2D eigenvalue weighted by Gasteiger charge is 2.11. The first-order valence-electron chi connectivity index (χ1n) is 8.07. The van der Waals surface area contributed by atoms with Crippen molar-refractivity contribution in [3.05, 3.63) is 60.2 Å².